The zero-order chi connectivity index (χ0) is 54.3. The van der Waals surface area contributed by atoms with Gasteiger partial charge in [0, 0.05) is 44.9 Å². The molecular formula is C56H77N3O15. The zero-order valence-electron chi connectivity index (χ0n) is 45.4. The first-order chi connectivity index (χ1) is 35.0. The Morgan fingerprint density at radius 1 is 0.797 bits per heavy atom. The number of ether oxygens (including phenoxy) is 10. The van der Waals surface area contributed by atoms with Crippen LogP contribution in [-0.4, -0.2) is 151 Å². The number of imidazole rings is 1. The largest absolute Gasteiger partial charge is 0.457 e. The van der Waals surface area contributed by atoms with E-state index >= 15 is 4.79 Å². The number of hydrogen-bond donors (Lipinski definition) is 0. The van der Waals surface area contributed by atoms with Crippen LogP contribution in [0.25, 0.3) is 0 Å². The number of nitrogens with zero attached hydrogens (tertiary/aromatic N) is 3. The Morgan fingerprint density at radius 2 is 1.39 bits per heavy atom. The van der Waals surface area contributed by atoms with Crippen LogP contribution in [0.1, 0.15) is 116 Å². The molecule has 2 aromatic carbocycles. The van der Waals surface area contributed by atoms with E-state index in [1.807, 2.05) is 45.8 Å². The Balaban J connectivity index is 1.47. The van der Waals surface area contributed by atoms with Gasteiger partial charge in [-0.25, -0.2) is 23.9 Å². The van der Waals surface area contributed by atoms with Crippen LogP contribution in [-0.2, 0) is 57.0 Å². The van der Waals surface area contributed by atoms with Crippen LogP contribution in [0, 0.1) is 17.8 Å². The van der Waals surface area contributed by atoms with E-state index in [2.05, 4.69) is 4.98 Å². The summed E-state index contributed by atoms with van der Waals surface area (Å²) in [5.74, 6) is -4.85. The third-order valence-electron chi connectivity index (χ3n) is 15.0. The monoisotopic (exact) mass is 1030 g/mol. The zero-order valence-corrected chi connectivity index (χ0v) is 45.4. The van der Waals surface area contributed by atoms with Crippen molar-refractivity contribution in [3.05, 3.63) is 102 Å². The lowest BCUT2D eigenvalue weighted by Gasteiger charge is -2.50. The van der Waals surface area contributed by atoms with Crippen LogP contribution >= 0.6 is 0 Å². The average Bonchev–Trinajstić information content (AvgIpc) is 3.93. The van der Waals surface area contributed by atoms with Crippen molar-refractivity contribution in [2.24, 2.45) is 17.8 Å². The van der Waals surface area contributed by atoms with Gasteiger partial charge in [0.1, 0.15) is 18.0 Å². The van der Waals surface area contributed by atoms with Crippen LogP contribution in [0.2, 0.25) is 0 Å². The molecule has 6 rings (SSSR count). The standard InChI is InChI=1S/C56H77N3O15/c1-15-42-54(8,74-53(64)59-27-26-57-32-59)29-33(2)44(60)34(3)30-55(9,65-13)47(73-52-46(41(58(11)12)28-35(4)67-52)71-50(62)39-22-18-16-19-23-39)36(5)45(37(6)49(61)69-42)70-43-31-56(10,66-14)48(38(7)68-43)72-51(63)40-24-20-17-21-25-40/h16-27,29,32,34-38,41-43,45-48,52H,15,28,30-31H2,1-14H3/b33-29+/t34-,35-,36+,37-,38+,41+,42-,43?,45+,46-,47-,48+,52?,54+,55+,56-/m1/s1. The van der Waals surface area contributed by atoms with E-state index in [0.29, 0.717) is 17.5 Å². The lowest BCUT2D eigenvalue weighted by atomic mass is 9.76. The number of Topliss-reactive ketones (excluding diaryl/α,β-unsaturated/α-hetero) is 1. The lowest BCUT2D eigenvalue weighted by Crippen LogP contribution is -2.61. The molecule has 1 aromatic heterocycles. The maximum Gasteiger partial charge on any atom is 0.420 e. The molecule has 0 radical (unpaired) electrons. The molecule has 0 N–H and O–H groups in total. The maximum atomic E-state index is 15.1. The molecule has 2 saturated heterocycles. The quantitative estimate of drug-likeness (QED) is 0.118. The van der Waals surface area contributed by atoms with E-state index in [4.69, 9.17) is 47.4 Å². The number of cyclic esters (lactones) is 1. The van der Waals surface area contributed by atoms with Gasteiger partial charge in [-0.1, -0.05) is 57.2 Å². The first kappa shape index (κ1) is 57.9. The van der Waals surface area contributed by atoms with Crippen molar-refractivity contribution < 1.29 is 71.3 Å². The number of rotatable bonds is 13. The van der Waals surface area contributed by atoms with Crippen LogP contribution in [0.4, 0.5) is 4.79 Å². The predicted molar refractivity (Wildman–Crippen MR) is 271 cm³/mol. The number of carbonyl (C=O) groups excluding carboxylic acids is 5. The summed E-state index contributed by atoms with van der Waals surface area (Å²) in [7, 11) is 6.83. The molecule has 0 aliphatic carbocycles. The second-order valence-electron chi connectivity index (χ2n) is 21.0. The van der Waals surface area contributed by atoms with E-state index < -0.39 is 108 Å². The van der Waals surface area contributed by atoms with Gasteiger partial charge in [0.15, 0.2) is 36.2 Å². The summed E-state index contributed by atoms with van der Waals surface area (Å²) in [6.07, 6.45) is -2.97. The molecule has 0 amide bonds. The van der Waals surface area contributed by atoms with Crippen LogP contribution in [0.5, 0.6) is 0 Å². The summed E-state index contributed by atoms with van der Waals surface area (Å²) in [5, 5.41) is 0. The maximum absolute atomic E-state index is 15.1. The van der Waals surface area contributed by atoms with Crippen molar-refractivity contribution in [2.75, 3.05) is 28.3 Å². The van der Waals surface area contributed by atoms with Gasteiger partial charge in [-0.2, -0.15) is 0 Å². The van der Waals surface area contributed by atoms with Crippen molar-refractivity contribution in [1.29, 1.82) is 0 Å². The van der Waals surface area contributed by atoms with Gasteiger partial charge in [0.25, 0.3) is 0 Å². The Labute approximate surface area is 435 Å². The fraction of sp³-hybridized carbons (Fsp3) is 0.607. The molecule has 74 heavy (non-hydrogen) atoms. The van der Waals surface area contributed by atoms with E-state index in [9.17, 15) is 19.2 Å². The minimum absolute atomic E-state index is 0.0410. The average molecular weight is 1030 g/mol. The highest BCUT2D eigenvalue weighted by Gasteiger charge is 2.54. The first-order valence-corrected chi connectivity index (χ1v) is 25.5. The number of hydrogen-bond acceptors (Lipinski definition) is 17. The molecule has 406 valence electrons. The molecular weight excluding hydrogens is 955 g/mol. The predicted octanol–water partition coefficient (Wildman–Crippen LogP) is 8.01. The number of likely N-dealkylation sites (N-methyl/N-ethyl adjacent to an activating group) is 1. The van der Waals surface area contributed by atoms with Gasteiger partial charge in [-0.05, 0) is 118 Å². The van der Waals surface area contributed by atoms with Crippen molar-refractivity contribution >= 4 is 29.8 Å². The molecule has 0 bridgehead atoms. The molecule has 0 spiro atoms. The molecule has 4 heterocycles. The summed E-state index contributed by atoms with van der Waals surface area (Å²) in [6.45, 7) is 17.6. The minimum atomic E-state index is -1.66. The number of ketones is 1. The van der Waals surface area contributed by atoms with Crippen molar-refractivity contribution in [1.82, 2.24) is 14.5 Å². The fourth-order valence-corrected chi connectivity index (χ4v) is 10.8. The molecule has 0 saturated carbocycles. The van der Waals surface area contributed by atoms with E-state index in [-0.39, 0.29) is 42.8 Å². The number of aromatic nitrogens is 2. The number of allylic oxidation sites excluding steroid dienone is 1. The molecule has 3 aromatic rings. The third kappa shape index (κ3) is 13.2. The second kappa shape index (κ2) is 24.6. The highest BCUT2D eigenvalue weighted by atomic mass is 16.7. The Morgan fingerprint density at radius 3 is 1.95 bits per heavy atom. The smallest absolute Gasteiger partial charge is 0.420 e. The Kier molecular flexibility index (Phi) is 19.2. The van der Waals surface area contributed by atoms with Crippen LogP contribution in [0.15, 0.2) is 91.0 Å². The number of benzene rings is 2. The molecule has 2 unspecified atom stereocenters. The number of methoxy groups -OCH3 is 2. The highest BCUT2D eigenvalue weighted by molar-refractivity contribution is 5.96. The van der Waals surface area contributed by atoms with Gasteiger partial charge in [0.05, 0.1) is 53.1 Å². The molecule has 3 aliphatic rings. The third-order valence-corrected chi connectivity index (χ3v) is 15.0. The van der Waals surface area contributed by atoms with Crippen molar-refractivity contribution in [3.8, 4) is 0 Å². The van der Waals surface area contributed by atoms with Gasteiger partial charge < -0.3 is 52.3 Å². The minimum Gasteiger partial charge on any atom is -0.457 e. The normalized spacial score (nSPS) is 36.1. The van der Waals surface area contributed by atoms with E-state index in [0.717, 1.165) is 4.57 Å². The summed E-state index contributed by atoms with van der Waals surface area (Å²) in [4.78, 5) is 76.8. The second-order valence-corrected chi connectivity index (χ2v) is 21.0. The van der Waals surface area contributed by atoms with Crippen molar-refractivity contribution in [2.45, 2.75) is 173 Å². The van der Waals surface area contributed by atoms with Gasteiger partial charge in [-0.15, -0.1) is 0 Å². The molecule has 18 heteroatoms. The lowest BCUT2D eigenvalue weighted by molar-refractivity contribution is -0.318. The summed E-state index contributed by atoms with van der Waals surface area (Å²) in [6, 6.07) is 16.9. The van der Waals surface area contributed by atoms with Gasteiger partial charge >= 0.3 is 24.0 Å². The molecule has 18 nitrogen and oxygen atoms in total. The van der Waals surface area contributed by atoms with Crippen molar-refractivity contribution in [3.63, 3.8) is 0 Å². The Bertz CT molecular complexity index is 2400. The molecule has 3 aliphatic heterocycles. The van der Waals surface area contributed by atoms with Gasteiger partial charge in [-0.3, -0.25) is 9.59 Å². The summed E-state index contributed by atoms with van der Waals surface area (Å²) in [5.41, 5.74) is -3.23. The number of esters is 3. The molecule has 16 atom stereocenters. The fourth-order valence-electron chi connectivity index (χ4n) is 10.8. The van der Waals surface area contributed by atoms with E-state index in [1.165, 1.54) is 39.0 Å². The van der Waals surface area contributed by atoms with Crippen LogP contribution < -0.4 is 0 Å². The summed E-state index contributed by atoms with van der Waals surface area (Å²) >= 11 is 0. The number of carbonyl (C=O) groups is 5. The molecule has 2 fully saturated rings. The van der Waals surface area contributed by atoms with E-state index in [1.54, 1.807) is 103 Å². The van der Waals surface area contributed by atoms with Gasteiger partial charge in [0.2, 0.25) is 0 Å². The Hall–Kier alpha value is -5.34. The SMILES string of the molecule is CC[C@H]1OC(=O)[C@H](C)[C@@H](OC2C[C@@](C)(OC)[C@@H](OC(=O)c3ccccc3)[C@H](C)O2)[C@H](C)[C@@H](OC2O[C@H](C)C[C@H](N(C)C)[C@H]2OC(=O)c2ccccc2)[C@@](C)(OC)C[C@@H](C)C(=O)/C(C)=C/[C@]1(C)OC(=O)n1ccnc1. The van der Waals surface area contributed by atoms with Crippen LogP contribution in [0.3, 0.4) is 0 Å². The highest BCUT2D eigenvalue weighted by Crippen LogP contribution is 2.42. The first-order valence-electron chi connectivity index (χ1n) is 25.5. The topological polar surface area (TPSA) is 199 Å². The summed E-state index contributed by atoms with van der Waals surface area (Å²) < 4.78 is 66.4.